The molecule has 0 aromatic rings. The van der Waals surface area contributed by atoms with Gasteiger partial charge in [-0.2, -0.15) is 0 Å². The summed E-state index contributed by atoms with van der Waals surface area (Å²) in [5.74, 6) is -0.0782. The van der Waals surface area contributed by atoms with Crippen molar-refractivity contribution in [3.05, 3.63) is 36.5 Å². The summed E-state index contributed by atoms with van der Waals surface area (Å²) in [7, 11) is 0. The van der Waals surface area contributed by atoms with Crippen LogP contribution >= 0.6 is 0 Å². The molecule has 0 spiro atoms. The number of carbonyl (C=O) groups excluding carboxylic acids is 2. The minimum absolute atomic E-state index is 0.00861. The summed E-state index contributed by atoms with van der Waals surface area (Å²) >= 11 is 0. The summed E-state index contributed by atoms with van der Waals surface area (Å²) in [5, 5.41) is 23.2. The van der Waals surface area contributed by atoms with Crippen LogP contribution in [0.15, 0.2) is 36.5 Å². The molecule has 2 atom stereocenters. The van der Waals surface area contributed by atoms with Gasteiger partial charge in [-0.05, 0) is 57.8 Å². The van der Waals surface area contributed by atoms with Gasteiger partial charge in [0.05, 0.1) is 25.4 Å². The quantitative estimate of drug-likeness (QED) is 0.0321. The first kappa shape index (κ1) is 68.1. The molecular weight excluding hydrogens is 863 g/mol. The molecule has 0 aromatic heterocycles. The van der Waals surface area contributed by atoms with Crippen LogP contribution in [0.5, 0.6) is 0 Å². The summed E-state index contributed by atoms with van der Waals surface area (Å²) in [6.45, 7) is 4.85. The number of nitrogens with one attached hydrogen (secondary N) is 1. The Balaban J connectivity index is 3.45. The summed E-state index contributed by atoms with van der Waals surface area (Å²) < 4.78 is 5.46. The summed E-state index contributed by atoms with van der Waals surface area (Å²) in [4.78, 5) is 24.5. The van der Waals surface area contributed by atoms with Gasteiger partial charge in [0.2, 0.25) is 5.91 Å². The SMILES string of the molecule is CCC/C=C\C/C=C\CCCCCCCC(=O)OCCCCCCCCCCCCCCCCCCCCC(=O)NC(CO)C(O)/C=C/CCCCCCCCCCCCCCCCCCCCCC. The lowest BCUT2D eigenvalue weighted by atomic mass is 10.0. The molecule has 0 radical (unpaired) electrons. The molecule has 0 aliphatic carbocycles. The van der Waals surface area contributed by atoms with E-state index in [2.05, 4.69) is 43.5 Å². The lowest BCUT2D eigenvalue weighted by Gasteiger charge is -2.20. The lowest BCUT2D eigenvalue weighted by molar-refractivity contribution is -0.143. The third-order valence-electron chi connectivity index (χ3n) is 14.4. The van der Waals surface area contributed by atoms with Crippen LogP contribution in [0.25, 0.3) is 0 Å². The predicted molar refractivity (Wildman–Crippen MR) is 306 cm³/mol. The Morgan fingerprint density at radius 3 is 1.14 bits per heavy atom. The van der Waals surface area contributed by atoms with Gasteiger partial charge in [0.25, 0.3) is 0 Å². The Labute approximate surface area is 436 Å². The topological polar surface area (TPSA) is 95.9 Å². The number of amides is 1. The van der Waals surface area contributed by atoms with Gasteiger partial charge in [0.15, 0.2) is 0 Å². The number of aliphatic hydroxyl groups is 2. The molecule has 0 aromatic carbocycles. The third kappa shape index (κ3) is 55.4. The molecule has 3 N–H and O–H groups in total. The summed E-state index contributed by atoms with van der Waals surface area (Å²) in [6.07, 6.45) is 74.7. The van der Waals surface area contributed by atoms with E-state index in [0.717, 1.165) is 51.4 Å². The predicted octanol–water partition coefficient (Wildman–Crippen LogP) is 19.6. The summed E-state index contributed by atoms with van der Waals surface area (Å²) in [6, 6.07) is -0.633. The Kier molecular flexibility index (Phi) is 58.0. The van der Waals surface area contributed by atoms with Crippen molar-refractivity contribution in [1.29, 1.82) is 0 Å². The van der Waals surface area contributed by atoms with E-state index in [1.165, 1.54) is 257 Å². The van der Waals surface area contributed by atoms with E-state index in [0.29, 0.717) is 19.4 Å². The molecule has 0 aliphatic rings. The highest BCUT2D eigenvalue weighted by molar-refractivity contribution is 5.76. The number of ether oxygens (including phenoxy) is 1. The van der Waals surface area contributed by atoms with Crippen LogP contribution in [0, 0.1) is 0 Å². The van der Waals surface area contributed by atoms with Gasteiger partial charge in [-0.15, -0.1) is 0 Å². The molecule has 1 amide bonds. The van der Waals surface area contributed by atoms with Crippen LogP contribution in [-0.4, -0.2) is 47.4 Å². The molecule has 0 bridgehead atoms. The number of carbonyl (C=O) groups is 2. The monoisotopic (exact) mass is 984 g/mol. The number of unbranched alkanes of at least 4 members (excludes halogenated alkanes) is 43. The van der Waals surface area contributed by atoms with E-state index in [-0.39, 0.29) is 18.5 Å². The van der Waals surface area contributed by atoms with Crippen molar-refractivity contribution in [3.8, 4) is 0 Å². The van der Waals surface area contributed by atoms with Gasteiger partial charge in [-0.25, -0.2) is 0 Å². The van der Waals surface area contributed by atoms with Crippen LogP contribution in [-0.2, 0) is 14.3 Å². The average Bonchev–Trinajstić information content (AvgIpc) is 3.36. The largest absolute Gasteiger partial charge is 0.466 e. The van der Waals surface area contributed by atoms with Crippen molar-refractivity contribution in [2.75, 3.05) is 13.2 Å². The standard InChI is InChI=1S/C64H121NO5/c1-3-5-7-9-11-13-15-17-18-19-20-21-22-23-26-29-33-36-40-44-48-52-56-62(67)61(60-66)65-63(68)57-53-49-45-41-37-34-30-27-24-25-28-31-35-39-43-47-51-55-59-70-64(69)58-54-50-46-42-38-32-16-14-12-10-8-6-4-2/h8,10,14,16,52,56,61-62,66-67H,3-7,9,11-13,15,17-51,53-55,57-60H2,1-2H3,(H,65,68)/b10-8-,16-14-,56-52+. The van der Waals surface area contributed by atoms with Gasteiger partial charge < -0.3 is 20.3 Å². The van der Waals surface area contributed by atoms with Crippen molar-refractivity contribution < 1.29 is 24.5 Å². The zero-order valence-electron chi connectivity index (χ0n) is 47.0. The molecule has 6 nitrogen and oxygen atoms in total. The highest BCUT2D eigenvalue weighted by atomic mass is 16.5. The third-order valence-corrected chi connectivity index (χ3v) is 14.4. The molecule has 0 rings (SSSR count). The van der Waals surface area contributed by atoms with Gasteiger partial charge in [0.1, 0.15) is 0 Å². The van der Waals surface area contributed by atoms with Crippen molar-refractivity contribution in [1.82, 2.24) is 5.32 Å². The number of allylic oxidation sites excluding steroid dienone is 5. The Morgan fingerprint density at radius 2 is 0.743 bits per heavy atom. The Morgan fingerprint density at radius 1 is 0.400 bits per heavy atom. The fourth-order valence-electron chi connectivity index (χ4n) is 9.61. The number of esters is 1. The molecule has 70 heavy (non-hydrogen) atoms. The van der Waals surface area contributed by atoms with E-state index in [9.17, 15) is 19.8 Å². The molecule has 0 heterocycles. The lowest BCUT2D eigenvalue weighted by Crippen LogP contribution is -2.45. The Bertz CT molecular complexity index is 1130. The van der Waals surface area contributed by atoms with E-state index in [1.807, 2.05) is 6.08 Å². The van der Waals surface area contributed by atoms with Crippen molar-refractivity contribution in [3.63, 3.8) is 0 Å². The molecular formula is C64H121NO5. The highest BCUT2D eigenvalue weighted by Gasteiger charge is 2.18. The highest BCUT2D eigenvalue weighted by Crippen LogP contribution is 2.18. The smallest absolute Gasteiger partial charge is 0.305 e. The molecule has 0 fully saturated rings. The normalized spacial score (nSPS) is 12.8. The zero-order valence-corrected chi connectivity index (χ0v) is 47.0. The molecule has 0 saturated carbocycles. The number of rotatable bonds is 58. The van der Waals surface area contributed by atoms with Crippen LogP contribution < -0.4 is 5.32 Å². The minimum atomic E-state index is -0.849. The van der Waals surface area contributed by atoms with E-state index in [4.69, 9.17) is 4.74 Å². The second-order valence-electron chi connectivity index (χ2n) is 21.4. The van der Waals surface area contributed by atoms with E-state index in [1.54, 1.807) is 6.08 Å². The minimum Gasteiger partial charge on any atom is -0.466 e. The average molecular weight is 985 g/mol. The maximum absolute atomic E-state index is 12.5. The van der Waals surface area contributed by atoms with E-state index >= 15 is 0 Å². The van der Waals surface area contributed by atoms with Crippen molar-refractivity contribution in [2.24, 2.45) is 0 Å². The number of hydrogen-bond acceptors (Lipinski definition) is 5. The Hall–Kier alpha value is -1.92. The van der Waals surface area contributed by atoms with Crippen molar-refractivity contribution in [2.45, 2.75) is 347 Å². The van der Waals surface area contributed by atoms with Gasteiger partial charge in [-0.1, -0.05) is 301 Å². The van der Waals surface area contributed by atoms with E-state index < -0.39 is 12.1 Å². The van der Waals surface area contributed by atoms with Crippen LogP contribution in [0.2, 0.25) is 0 Å². The maximum atomic E-state index is 12.5. The molecule has 412 valence electrons. The zero-order chi connectivity index (χ0) is 50.7. The second kappa shape index (κ2) is 59.6. The number of hydrogen-bond donors (Lipinski definition) is 3. The first-order valence-electron chi connectivity index (χ1n) is 31.3. The summed E-state index contributed by atoms with van der Waals surface area (Å²) in [5.41, 5.74) is 0. The van der Waals surface area contributed by atoms with Gasteiger partial charge in [0, 0.05) is 12.8 Å². The molecule has 6 heteroatoms. The number of aliphatic hydroxyl groups excluding tert-OH is 2. The van der Waals surface area contributed by atoms with Gasteiger partial charge in [-0.3, -0.25) is 9.59 Å². The first-order valence-corrected chi connectivity index (χ1v) is 31.3. The fraction of sp³-hybridized carbons (Fsp3) is 0.875. The maximum Gasteiger partial charge on any atom is 0.305 e. The van der Waals surface area contributed by atoms with Crippen LogP contribution in [0.1, 0.15) is 335 Å². The fourth-order valence-corrected chi connectivity index (χ4v) is 9.61. The second-order valence-corrected chi connectivity index (χ2v) is 21.4. The van der Waals surface area contributed by atoms with Crippen LogP contribution in [0.3, 0.4) is 0 Å². The van der Waals surface area contributed by atoms with Crippen molar-refractivity contribution >= 4 is 11.9 Å². The molecule has 0 saturated heterocycles. The van der Waals surface area contributed by atoms with Gasteiger partial charge >= 0.3 is 5.97 Å². The van der Waals surface area contributed by atoms with Crippen LogP contribution in [0.4, 0.5) is 0 Å². The first-order chi connectivity index (χ1) is 34.5. The molecule has 0 aliphatic heterocycles. The molecule has 2 unspecified atom stereocenters.